The number of sulfonamides is 1. The van der Waals surface area contributed by atoms with E-state index in [2.05, 4.69) is 4.74 Å². The number of hydrogen-bond donors (Lipinski definition) is 1. The molecule has 1 aliphatic rings. The molecule has 1 N–H and O–H groups in total. The zero-order valence-corrected chi connectivity index (χ0v) is 10.8. The van der Waals surface area contributed by atoms with Gasteiger partial charge in [0.05, 0.1) is 6.61 Å². The van der Waals surface area contributed by atoms with Gasteiger partial charge in [-0.25, -0.2) is 12.7 Å². The molecule has 6 nitrogen and oxygen atoms in total. The summed E-state index contributed by atoms with van der Waals surface area (Å²) >= 11 is 0. The Hall–Kier alpha value is -0.660. The van der Waals surface area contributed by atoms with Gasteiger partial charge in [0.1, 0.15) is 0 Å². The molecule has 0 saturated carbocycles. The first kappa shape index (κ1) is 14.4. The molecule has 0 aromatic heterocycles. The van der Waals surface area contributed by atoms with Crippen molar-refractivity contribution < 1.29 is 23.1 Å². The molecule has 0 radical (unpaired) electrons. The number of carbonyl (C=O) groups is 1. The van der Waals surface area contributed by atoms with Crippen molar-refractivity contribution in [3.63, 3.8) is 0 Å². The lowest BCUT2D eigenvalue weighted by molar-refractivity contribution is -0.140. The molecule has 0 aromatic rings. The third-order valence-corrected chi connectivity index (χ3v) is 4.46. The van der Waals surface area contributed by atoms with Crippen molar-refractivity contribution in [3.05, 3.63) is 0 Å². The Morgan fingerprint density at radius 3 is 2.82 bits per heavy atom. The molecule has 100 valence electrons. The van der Waals surface area contributed by atoms with E-state index < -0.39 is 21.7 Å². The van der Waals surface area contributed by atoms with Crippen LogP contribution in [0.15, 0.2) is 0 Å². The van der Waals surface area contributed by atoms with Gasteiger partial charge < -0.3 is 9.84 Å². The minimum atomic E-state index is -3.60. The summed E-state index contributed by atoms with van der Waals surface area (Å²) in [6.07, 6.45) is 1.54. The van der Waals surface area contributed by atoms with Crippen molar-refractivity contribution in [1.82, 2.24) is 4.31 Å². The first-order valence-electron chi connectivity index (χ1n) is 5.74. The van der Waals surface area contributed by atoms with Crippen molar-refractivity contribution in [2.75, 3.05) is 32.1 Å². The van der Waals surface area contributed by atoms with Crippen LogP contribution in [-0.2, 0) is 19.6 Å². The van der Waals surface area contributed by atoms with E-state index in [1.807, 2.05) is 0 Å². The van der Waals surface area contributed by atoms with Gasteiger partial charge in [-0.15, -0.1) is 0 Å². The highest BCUT2D eigenvalue weighted by molar-refractivity contribution is 7.89. The molecule has 1 saturated heterocycles. The summed E-state index contributed by atoms with van der Waals surface area (Å²) in [5, 5.41) is 9.03. The highest BCUT2D eigenvalue weighted by atomic mass is 32.2. The average Bonchev–Trinajstić information content (AvgIpc) is 2.28. The van der Waals surface area contributed by atoms with Crippen LogP contribution in [0.3, 0.4) is 0 Å². The van der Waals surface area contributed by atoms with E-state index in [-0.39, 0.29) is 25.7 Å². The standard InChI is InChI=1S/C10H19NO5S/c1-2-16-10(13)8-17(14,15)11-5-3-4-9(6-11)7-12/h9,12H,2-8H2,1H3. The first-order valence-corrected chi connectivity index (χ1v) is 7.34. The molecule has 1 fully saturated rings. The average molecular weight is 265 g/mol. The Kier molecular flexibility index (Phi) is 5.35. The van der Waals surface area contributed by atoms with Crippen molar-refractivity contribution in [2.24, 2.45) is 5.92 Å². The molecule has 1 atom stereocenters. The van der Waals surface area contributed by atoms with E-state index in [0.29, 0.717) is 13.0 Å². The van der Waals surface area contributed by atoms with E-state index >= 15 is 0 Å². The van der Waals surface area contributed by atoms with Crippen LogP contribution in [0.5, 0.6) is 0 Å². The third kappa shape index (κ3) is 4.25. The van der Waals surface area contributed by atoms with Crippen molar-refractivity contribution in [1.29, 1.82) is 0 Å². The number of carbonyl (C=O) groups excluding carboxylic acids is 1. The fraction of sp³-hybridized carbons (Fsp3) is 0.900. The lowest BCUT2D eigenvalue weighted by Crippen LogP contribution is -2.43. The van der Waals surface area contributed by atoms with Crippen LogP contribution >= 0.6 is 0 Å². The first-order chi connectivity index (χ1) is 7.99. The number of rotatable bonds is 5. The predicted octanol–water partition coefficient (Wildman–Crippen LogP) is -0.416. The molecule has 1 heterocycles. The number of aliphatic hydroxyl groups excluding tert-OH is 1. The van der Waals surface area contributed by atoms with Crippen molar-refractivity contribution in [3.8, 4) is 0 Å². The quantitative estimate of drug-likeness (QED) is 0.683. The van der Waals surface area contributed by atoms with Crippen LogP contribution < -0.4 is 0 Å². The molecule has 17 heavy (non-hydrogen) atoms. The van der Waals surface area contributed by atoms with Gasteiger partial charge in [0.25, 0.3) is 0 Å². The Morgan fingerprint density at radius 1 is 1.53 bits per heavy atom. The fourth-order valence-electron chi connectivity index (χ4n) is 1.87. The van der Waals surface area contributed by atoms with Crippen LogP contribution in [0.4, 0.5) is 0 Å². The number of esters is 1. The summed E-state index contributed by atoms with van der Waals surface area (Å²) in [7, 11) is -3.60. The summed E-state index contributed by atoms with van der Waals surface area (Å²) < 4.78 is 29.7. The molecule has 1 rings (SSSR count). The van der Waals surface area contributed by atoms with Gasteiger partial charge in [-0.1, -0.05) is 0 Å². The van der Waals surface area contributed by atoms with Gasteiger partial charge in [-0.2, -0.15) is 0 Å². The molecule has 7 heteroatoms. The Labute approximate surface area is 102 Å². The van der Waals surface area contributed by atoms with Gasteiger partial charge in [0.2, 0.25) is 10.0 Å². The number of nitrogens with zero attached hydrogens (tertiary/aromatic N) is 1. The molecular formula is C10H19NO5S. The van der Waals surface area contributed by atoms with Crippen molar-refractivity contribution >= 4 is 16.0 Å². The predicted molar refractivity (Wildman–Crippen MR) is 61.8 cm³/mol. The summed E-state index contributed by atoms with van der Waals surface area (Å²) in [6, 6.07) is 0. The van der Waals surface area contributed by atoms with E-state index in [1.165, 1.54) is 4.31 Å². The zero-order chi connectivity index (χ0) is 12.9. The SMILES string of the molecule is CCOC(=O)CS(=O)(=O)N1CCCC(CO)C1. The van der Waals surface area contributed by atoms with Crippen LogP contribution in [0.1, 0.15) is 19.8 Å². The highest BCUT2D eigenvalue weighted by Gasteiger charge is 2.30. The normalized spacial score (nSPS) is 22.4. The number of ether oxygens (including phenoxy) is 1. The van der Waals surface area contributed by atoms with E-state index in [4.69, 9.17) is 5.11 Å². The second kappa shape index (κ2) is 6.32. The Morgan fingerprint density at radius 2 is 2.24 bits per heavy atom. The largest absolute Gasteiger partial charge is 0.465 e. The molecule has 0 amide bonds. The van der Waals surface area contributed by atoms with Gasteiger partial charge in [-0.3, -0.25) is 4.79 Å². The van der Waals surface area contributed by atoms with Gasteiger partial charge >= 0.3 is 5.97 Å². The third-order valence-electron chi connectivity index (χ3n) is 2.74. The number of piperidine rings is 1. The van der Waals surface area contributed by atoms with Gasteiger partial charge in [0, 0.05) is 19.7 Å². The molecule has 0 spiro atoms. The minimum absolute atomic E-state index is 0.0224. The summed E-state index contributed by atoms with van der Waals surface area (Å²) in [5.41, 5.74) is 0. The highest BCUT2D eigenvalue weighted by Crippen LogP contribution is 2.18. The van der Waals surface area contributed by atoms with E-state index in [1.54, 1.807) is 6.92 Å². The maximum Gasteiger partial charge on any atom is 0.322 e. The molecule has 0 aliphatic carbocycles. The molecule has 0 aromatic carbocycles. The number of hydrogen-bond acceptors (Lipinski definition) is 5. The second-order valence-corrected chi connectivity index (χ2v) is 6.08. The molecule has 1 aliphatic heterocycles. The Bertz CT molecular complexity index is 354. The lowest BCUT2D eigenvalue weighted by Gasteiger charge is -2.30. The second-order valence-electron chi connectivity index (χ2n) is 4.11. The molecule has 0 bridgehead atoms. The zero-order valence-electron chi connectivity index (χ0n) is 9.96. The number of aliphatic hydroxyl groups is 1. The maximum absolute atomic E-state index is 11.9. The topological polar surface area (TPSA) is 83.9 Å². The van der Waals surface area contributed by atoms with Gasteiger partial charge in [-0.05, 0) is 25.7 Å². The molecule has 1 unspecified atom stereocenters. The van der Waals surface area contributed by atoms with Crippen LogP contribution in [0.25, 0.3) is 0 Å². The molecular weight excluding hydrogens is 246 g/mol. The van der Waals surface area contributed by atoms with Gasteiger partial charge in [0.15, 0.2) is 5.75 Å². The Balaban J connectivity index is 2.60. The fourth-order valence-corrected chi connectivity index (χ4v) is 3.28. The van der Waals surface area contributed by atoms with E-state index in [9.17, 15) is 13.2 Å². The van der Waals surface area contributed by atoms with Crippen molar-refractivity contribution in [2.45, 2.75) is 19.8 Å². The summed E-state index contributed by atoms with van der Waals surface area (Å²) in [5.74, 6) is -1.36. The lowest BCUT2D eigenvalue weighted by atomic mass is 10.0. The summed E-state index contributed by atoms with van der Waals surface area (Å²) in [6.45, 7) is 2.49. The maximum atomic E-state index is 11.9. The summed E-state index contributed by atoms with van der Waals surface area (Å²) in [4.78, 5) is 11.2. The van der Waals surface area contributed by atoms with Crippen LogP contribution in [-0.4, -0.2) is 55.9 Å². The van der Waals surface area contributed by atoms with E-state index in [0.717, 1.165) is 6.42 Å². The monoisotopic (exact) mass is 265 g/mol. The van der Waals surface area contributed by atoms with Crippen LogP contribution in [0, 0.1) is 5.92 Å². The van der Waals surface area contributed by atoms with Crippen LogP contribution in [0.2, 0.25) is 0 Å². The minimum Gasteiger partial charge on any atom is -0.465 e. The smallest absolute Gasteiger partial charge is 0.322 e.